The molecule has 0 radical (unpaired) electrons. The third kappa shape index (κ3) is 4.62. The maximum absolute atomic E-state index is 12.7. The van der Waals surface area contributed by atoms with E-state index >= 15 is 0 Å². The number of benzene rings is 2. The van der Waals surface area contributed by atoms with E-state index in [0.717, 1.165) is 30.5 Å². The van der Waals surface area contributed by atoms with Crippen LogP contribution in [0.1, 0.15) is 49.7 Å². The van der Waals surface area contributed by atoms with Gasteiger partial charge in [-0.15, -0.1) is 11.3 Å². The molecule has 1 aliphatic carbocycles. The summed E-state index contributed by atoms with van der Waals surface area (Å²) in [7, 11) is 0. The number of aliphatic hydroxyl groups is 1. The average Bonchev–Trinajstić information content (AvgIpc) is 3.21. The molecule has 0 fully saturated rings. The zero-order chi connectivity index (χ0) is 21.8. The van der Waals surface area contributed by atoms with Gasteiger partial charge < -0.3 is 20.8 Å². The number of thiophene rings is 1. The molecule has 7 heteroatoms. The summed E-state index contributed by atoms with van der Waals surface area (Å²) < 4.78 is 0. The number of amides is 1. The molecule has 0 spiro atoms. The number of hydrogen-bond donors (Lipinski definition) is 4. The van der Waals surface area contributed by atoms with Gasteiger partial charge in [0.2, 0.25) is 0 Å². The summed E-state index contributed by atoms with van der Waals surface area (Å²) in [4.78, 5) is 24.8. The van der Waals surface area contributed by atoms with Crippen LogP contribution in [0.15, 0.2) is 53.9 Å². The first-order chi connectivity index (χ1) is 15.1. The fourth-order valence-electron chi connectivity index (χ4n) is 4.06. The third-order valence-electron chi connectivity index (χ3n) is 5.64. The predicted octanol–water partition coefficient (Wildman–Crippen LogP) is 4.38. The molecule has 0 aliphatic heterocycles. The van der Waals surface area contributed by atoms with Crippen LogP contribution in [-0.2, 0) is 12.8 Å². The van der Waals surface area contributed by atoms with E-state index in [2.05, 4.69) is 22.8 Å². The highest BCUT2D eigenvalue weighted by molar-refractivity contribution is 7.15. The van der Waals surface area contributed by atoms with Crippen LogP contribution >= 0.6 is 11.3 Å². The van der Waals surface area contributed by atoms with Crippen molar-refractivity contribution in [3.63, 3.8) is 0 Å². The third-order valence-corrected chi connectivity index (χ3v) is 6.55. The summed E-state index contributed by atoms with van der Waals surface area (Å²) >= 11 is 1.26. The number of rotatable bonds is 7. The Morgan fingerprint density at radius 3 is 2.52 bits per heavy atom. The number of aliphatic hydroxyl groups excluding tert-OH is 1. The standard InChI is InChI=1S/C24H24N2O4S/c27-12-11-25-19-9-7-16(8-10-19)22(28)26-23-21(24(29)30)20(14-31-23)18-6-5-15-3-1-2-4-17(15)13-18/h1-4,7-10,14,18,25,27H,5-6,11-13H2,(H,26,28)(H,29,30). The summed E-state index contributed by atoms with van der Waals surface area (Å²) in [5, 5.41) is 26.8. The van der Waals surface area contributed by atoms with Crippen molar-refractivity contribution in [3.05, 3.63) is 81.7 Å². The highest BCUT2D eigenvalue weighted by atomic mass is 32.1. The number of aromatic carboxylic acids is 1. The van der Waals surface area contributed by atoms with Crippen LogP contribution < -0.4 is 10.6 Å². The first kappa shape index (κ1) is 21.1. The monoisotopic (exact) mass is 436 g/mol. The Labute approximate surface area is 184 Å². The minimum absolute atomic E-state index is 0.0213. The van der Waals surface area contributed by atoms with Gasteiger partial charge in [-0.25, -0.2) is 4.79 Å². The average molecular weight is 437 g/mol. The fraction of sp³-hybridized carbons (Fsp3) is 0.250. The van der Waals surface area contributed by atoms with Crippen molar-refractivity contribution in [1.29, 1.82) is 0 Å². The molecule has 4 N–H and O–H groups in total. The molecule has 1 amide bonds. The topological polar surface area (TPSA) is 98.7 Å². The zero-order valence-electron chi connectivity index (χ0n) is 16.9. The second kappa shape index (κ2) is 9.32. The van der Waals surface area contributed by atoms with Crippen molar-refractivity contribution in [2.45, 2.75) is 25.2 Å². The number of carboxylic acid groups (broad SMARTS) is 1. The molecule has 4 rings (SSSR count). The van der Waals surface area contributed by atoms with Crippen molar-refractivity contribution in [2.75, 3.05) is 23.8 Å². The number of fused-ring (bicyclic) bond motifs is 1. The maximum Gasteiger partial charge on any atom is 0.339 e. The number of anilines is 2. The van der Waals surface area contributed by atoms with Gasteiger partial charge in [-0.05, 0) is 71.5 Å². The number of carbonyl (C=O) groups excluding carboxylic acids is 1. The lowest BCUT2D eigenvalue weighted by atomic mass is 9.80. The molecular weight excluding hydrogens is 412 g/mol. The second-order valence-electron chi connectivity index (χ2n) is 7.59. The number of hydrogen-bond acceptors (Lipinski definition) is 5. The summed E-state index contributed by atoms with van der Waals surface area (Å²) in [5.41, 5.74) is 4.83. The van der Waals surface area contributed by atoms with Crippen LogP contribution in [0.5, 0.6) is 0 Å². The van der Waals surface area contributed by atoms with E-state index in [-0.39, 0.29) is 24.0 Å². The largest absolute Gasteiger partial charge is 0.478 e. The van der Waals surface area contributed by atoms with Gasteiger partial charge >= 0.3 is 5.97 Å². The smallest absolute Gasteiger partial charge is 0.339 e. The van der Waals surface area contributed by atoms with Gasteiger partial charge in [0.15, 0.2) is 0 Å². The second-order valence-corrected chi connectivity index (χ2v) is 8.47. The van der Waals surface area contributed by atoms with E-state index in [1.54, 1.807) is 24.3 Å². The first-order valence-corrected chi connectivity index (χ1v) is 11.1. The van der Waals surface area contributed by atoms with Crippen molar-refractivity contribution in [3.8, 4) is 0 Å². The minimum atomic E-state index is -1.02. The quantitative estimate of drug-likeness (QED) is 0.441. The Bertz CT molecular complexity index is 1090. The van der Waals surface area contributed by atoms with E-state index < -0.39 is 5.97 Å². The summed E-state index contributed by atoms with van der Waals surface area (Å²) in [6.07, 6.45) is 2.63. The van der Waals surface area contributed by atoms with E-state index in [1.807, 2.05) is 17.5 Å². The molecular formula is C24H24N2O4S. The van der Waals surface area contributed by atoms with Crippen molar-refractivity contribution in [2.24, 2.45) is 0 Å². The summed E-state index contributed by atoms with van der Waals surface area (Å²) in [6.45, 7) is 0.449. The Kier molecular flexibility index (Phi) is 6.34. The Balaban J connectivity index is 1.53. The SMILES string of the molecule is O=C(Nc1scc(C2CCc3ccccc3C2)c1C(=O)O)c1ccc(NCCO)cc1. The van der Waals surface area contributed by atoms with Crippen molar-refractivity contribution < 1.29 is 19.8 Å². The summed E-state index contributed by atoms with van der Waals surface area (Å²) in [6, 6.07) is 15.1. The van der Waals surface area contributed by atoms with E-state index in [1.165, 1.54) is 22.5 Å². The van der Waals surface area contributed by atoms with Gasteiger partial charge in [0.05, 0.1) is 12.2 Å². The Morgan fingerprint density at radius 1 is 1.06 bits per heavy atom. The van der Waals surface area contributed by atoms with Crippen LogP contribution in [0.25, 0.3) is 0 Å². The maximum atomic E-state index is 12.7. The highest BCUT2D eigenvalue weighted by Crippen LogP contribution is 2.39. The minimum Gasteiger partial charge on any atom is -0.478 e. The van der Waals surface area contributed by atoms with Crippen LogP contribution in [0.4, 0.5) is 10.7 Å². The van der Waals surface area contributed by atoms with Gasteiger partial charge in [-0.3, -0.25) is 4.79 Å². The molecule has 6 nitrogen and oxygen atoms in total. The van der Waals surface area contributed by atoms with Crippen LogP contribution in [0.3, 0.4) is 0 Å². The zero-order valence-corrected chi connectivity index (χ0v) is 17.7. The summed E-state index contributed by atoms with van der Waals surface area (Å²) in [5.74, 6) is -1.24. The van der Waals surface area contributed by atoms with Crippen LogP contribution in [-0.4, -0.2) is 35.2 Å². The molecule has 2 aromatic carbocycles. The first-order valence-electron chi connectivity index (χ1n) is 10.2. The number of nitrogens with one attached hydrogen (secondary N) is 2. The highest BCUT2D eigenvalue weighted by Gasteiger charge is 2.28. The molecule has 0 bridgehead atoms. The fourth-order valence-corrected chi connectivity index (χ4v) is 5.09. The number of carbonyl (C=O) groups is 2. The van der Waals surface area contributed by atoms with E-state index in [0.29, 0.717) is 17.1 Å². The molecule has 3 aromatic rings. The number of carboxylic acids is 1. The molecule has 0 saturated carbocycles. The van der Waals surface area contributed by atoms with Crippen molar-refractivity contribution in [1.82, 2.24) is 0 Å². The normalized spacial score (nSPS) is 15.2. The van der Waals surface area contributed by atoms with Crippen LogP contribution in [0.2, 0.25) is 0 Å². The van der Waals surface area contributed by atoms with Gasteiger partial charge in [0.25, 0.3) is 5.91 Å². The molecule has 31 heavy (non-hydrogen) atoms. The van der Waals surface area contributed by atoms with Gasteiger partial charge in [0, 0.05) is 17.8 Å². The Morgan fingerprint density at radius 2 is 1.81 bits per heavy atom. The molecule has 1 aromatic heterocycles. The van der Waals surface area contributed by atoms with E-state index in [9.17, 15) is 14.7 Å². The predicted molar refractivity (Wildman–Crippen MR) is 122 cm³/mol. The van der Waals surface area contributed by atoms with E-state index in [4.69, 9.17) is 5.11 Å². The molecule has 0 saturated heterocycles. The number of aryl methyl sites for hydroxylation is 1. The van der Waals surface area contributed by atoms with Gasteiger partial charge in [-0.2, -0.15) is 0 Å². The molecule has 1 atom stereocenters. The lowest BCUT2D eigenvalue weighted by Gasteiger charge is -2.24. The molecule has 1 heterocycles. The molecule has 160 valence electrons. The molecule has 1 aliphatic rings. The van der Waals surface area contributed by atoms with Crippen molar-refractivity contribution >= 4 is 33.9 Å². The lowest BCUT2D eigenvalue weighted by molar-refractivity contribution is 0.0696. The van der Waals surface area contributed by atoms with Crippen LogP contribution in [0, 0.1) is 0 Å². The van der Waals surface area contributed by atoms with Gasteiger partial charge in [0.1, 0.15) is 5.00 Å². The lowest BCUT2D eigenvalue weighted by Crippen LogP contribution is -2.17. The molecule has 1 unspecified atom stereocenters. The Hall–Kier alpha value is -3.16. The van der Waals surface area contributed by atoms with Gasteiger partial charge in [-0.1, -0.05) is 24.3 Å².